The van der Waals surface area contributed by atoms with E-state index in [0.29, 0.717) is 0 Å². The van der Waals surface area contributed by atoms with Crippen molar-refractivity contribution < 1.29 is 0 Å². The molecule has 0 saturated heterocycles. The Morgan fingerprint density at radius 2 is 0.816 bits per heavy atom. The van der Waals surface area contributed by atoms with Crippen LogP contribution in [0.3, 0.4) is 0 Å². The zero-order chi connectivity index (χ0) is 32.7. The van der Waals surface area contributed by atoms with Crippen molar-refractivity contribution in [2.45, 2.75) is 19.3 Å². The topological polar surface area (TPSA) is 0 Å². The van der Waals surface area contributed by atoms with E-state index in [2.05, 4.69) is 184 Å². The summed E-state index contributed by atoms with van der Waals surface area (Å²) in [6.45, 7) is 4.75. The summed E-state index contributed by atoms with van der Waals surface area (Å²) in [7, 11) is 0. The molecule has 0 unspecified atom stereocenters. The maximum atomic E-state index is 2.45. The van der Waals surface area contributed by atoms with Crippen LogP contribution >= 0.6 is 0 Å². The Bertz CT molecular complexity index is 2720. The van der Waals surface area contributed by atoms with Gasteiger partial charge in [0.2, 0.25) is 0 Å². The Morgan fingerprint density at radius 3 is 1.47 bits per heavy atom. The Morgan fingerprint density at radius 1 is 0.327 bits per heavy atom. The third kappa shape index (κ3) is 4.11. The third-order valence-corrected chi connectivity index (χ3v) is 11.0. The molecule has 0 fully saturated rings. The van der Waals surface area contributed by atoms with Crippen LogP contribution in [0.15, 0.2) is 170 Å². The number of rotatable bonds is 3. The van der Waals surface area contributed by atoms with Gasteiger partial charge in [-0.25, -0.2) is 0 Å². The minimum atomic E-state index is -0.0442. The predicted molar refractivity (Wildman–Crippen MR) is 210 cm³/mol. The van der Waals surface area contributed by atoms with Crippen LogP contribution in [0.4, 0.5) is 0 Å². The second-order valence-electron chi connectivity index (χ2n) is 14.0. The van der Waals surface area contributed by atoms with Gasteiger partial charge in [0.1, 0.15) is 0 Å². The molecule has 0 nitrogen and oxygen atoms in total. The monoisotopic (exact) mass is 622 g/mol. The zero-order valence-corrected chi connectivity index (χ0v) is 27.7. The first-order valence-corrected chi connectivity index (χ1v) is 17.3. The predicted octanol–water partition coefficient (Wildman–Crippen LogP) is 13.6. The second-order valence-corrected chi connectivity index (χ2v) is 14.0. The van der Waals surface area contributed by atoms with Crippen molar-refractivity contribution in [2.75, 3.05) is 0 Å². The summed E-state index contributed by atoms with van der Waals surface area (Å²) in [5.41, 5.74) is 13.2. The summed E-state index contributed by atoms with van der Waals surface area (Å²) >= 11 is 0. The molecule has 0 amide bonds. The van der Waals surface area contributed by atoms with E-state index in [-0.39, 0.29) is 5.41 Å². The molecule has 0 saturated carbocycles. The van der Waals surface area contributed by atoms with Crippen LogP contribution in [0.5, 0.6) is 0 Å². The lowest BCUT2D eigenvalue weighted by molar-refractivity contribution is 0.666. The summed E-state index contributed by atoms with van der Waals surface area (Å²) in [4.78, 5) is 0. The first-order valence-electron chi connectivity index (χ1n) is 17.3. The molecule has 0 bridgehead atoms. The normalized spacial score (nSPS) is 13.3. The highest BCUT2D eigenvalue weighted by atomic mass is 14.4. The second kappa shape index (κ2) is 10.5. The molecule has 0 spiro atoms. The summed E-state index contributed by atoms with van der Waals surface area (Å²) in [5.74, 6) is 0. The molecule has 9 aromatic rings. The van der Waals surface area contributed by atoms with Crippen LogP contribution in [0.25, 0.3) is 87.6 Å². The standard InChI is InChI=1S/C49H34/c1-49(2)45-23-13-12-17-37(45)44-30-43(36-16-6-11-22-42(36)48(44)49)34-26-24-33-29-35(27-25-32(33)28-34)47-40-20-9-7-18-38(40)46(31-14-4-3-5-15-31)39-19-8-10-21-41(39)47/h3-30H,1-2H3. The van der Waals surface area contributed by atoms with E-state index >= 15 is 0 Å². The average molecular weight is 623 g/mol. The van der Waals surface area contributed by atoms with Gasteiger partial charge >= 0.3 is 0 Å². The van der Waals surface area contributed by atoms with E-state index in [0.717, 1.165) is 0 Å². The maximum absolute atomic E-state index is 2.45. The van der Waals surface area contributed by atoms with Gasteiger partial charge in [0, 0.05) is 5.41 Å². The number of fused-ring (bicyclic) bond motifs is 8. The molecule has 0 aromatic heterocycles. The van der Waals surface area contributed by atoms with Crippen LogP contribution in [-0.4, -0.2) is 0 Å². The lowest BCUT2D eigenvalue weighted by Gasteiger charge is -2.24. The van der Waals surface area contributed by atoms with Crippen molar-refractivity contribution in [1.29, 1.82) is 0 Å². The van der Waals surface area contributed by atoms with Crippen molar-refractivity contribution in [1.82, 2.24) is 0 Å². The van der Waals surface area contributed by atoms with Gasteiger partial charge < -0.3 is 0 Å². The molecular formula is C49H34. The molecular weight excluding hydrogens is 589 g/mol. The highest BCUT2D eigenvalue weighted by Gasteiger charge is 2.37. The Balaban J connectivity index is 1.16. The quantitative estimate of drug-likeness (QED) is 0.172. The minimum absolute atomic E-state index is 0.0442. The fraction of sp³-hybridized carbons (Fsp3) is 0.0612. The molecule has 49 heavy (non-hydrogen) atoms. The van der Waals surface area contributed by atoms with E-state index in [1.54, 1.807) is 0 Å². The lowest BCUT2D eigenvalue weighted by Crippen LogP contribution is -2.15. The zero-order valence-electron chi connectivity index (χ0n) is 27.7. The Hall–Kier alpha value is -5.98. The van der Waals surface area contributed by atoms with E-state index < -0.39 is 0 Å². The molecule has 10 rings (SSSR count). The number of benzene rings is 9. The smallest absolute Gasteiger partial charge is 0.0165 e. The van der Waals surface area contributed by atoms with Crippen LogP contribution < -0.4 is 0 Å². The van der Waals surface area contributed by atoms with Crippen molar-refractivity contribution >= 4 is 43.1 Å². The van der Waals surface area contributed by atoms with Crippen LogP contribution in [0.2, 0.25) is 0 Å². The van der Waals surface area contributed by atoms with Gasteiger partial charge in [-0.1, -0.05) is 166 Å². The highest BCUT2D eigenvalue weighted by Crippen LogP contribution is 2.53. The molecule has 1 aliphatic carbocycles. The molecule has 9 aromatic carbocycles. The summed E-state index contributed by atoms with van der Waals surface area (Å²) in [6.07, 6.45) is 0. The Kier molecular flexibility index (Phi) is 6.02. The largest absolute Gasteiger partial charge is 0.0622 e. The molecule has 230 valence electrons. The lowest BCUT2D eigenvalue weighted by atomic mass is 9.79. The van der Waals surface area contributed by atoms with Crippen LogP contribution in [0.1, 0.15) is 25.0 Å². The first-order chi connectivity index (χ1) is 24.1. The van der Waals surface area contributed by atoms with Gasteiger partial charge in [-0.2, -0.15) is 0 Å². The molecule has 0 N–H and O–H groups in total. The molecule has 0 heteroatoms. The fourth-order valence-corrected chi connectivity index (χ4v) is 8.82. The van der Waals surface area contributed by atoms with Crippen molar-refractivity contribution in [3.63, 3.8) is 0 Å². The minimum Gasteiger partial charge on any atom is -0.0622 e. The van der Waals surface area contributed by atoms with E-state index in [4.69, 9.17) is 0 Å². The highest BCUT2D eigenvalue weighted by molar-refractivity contribution is 6.21. The van der Waals surface area contributed by atoms with Gasteiger partial charge in [0.05, 0.1) is 0 Å². The molecule has 1 aliphatic rings. The SMILES string of the molecule is CC1(C)c2ccccc2-c2cc(-c3ccc4cc(-c5c6ccccc6c(-c6ccccc6)c6ccccc56)ccc4c3)c3ccccc3c21. The van der Waals surface area contributed by atoms with E-state index in [1.807, 2.05) is 0 Å². The molecule has 0 heterocycles. The number of hydrogen-bond acceptors (Lipinski definition) is 0. The Labute approximate surface area is 286 Å². The van der Waals surface area contributed by atoms with Gasteiger partial charge in [0.25, 0.3) is 0 Å². The van der Waals surface area contributed by atoms with Gasteiger partial charge in [0.15, 0.2) is 0 Å². The summed E-state index contributed by atoms with van der Waals surface area (Å²) in [5, 5.41) is 10.3. The molecule has 0 radical (unpaired) electrons. The van der Waals surface area contributed by atoms with Gasteiger partial charge in [-0.05, 0) is 117 Å². The average Bonchev–Trinajstić information content (AvgIpc) is 3.39. The van der Waals surface area contributed by atoms with Crippen molar-refractivity contribution in [3.8, 4) is 44.5 Å². The van der Waals surface area contributed by atoms with Crippen LogP contribution in [0, 0.1) is 0 Å². The van der Waals surface area contributed by atoms with Gasteiger partial charge in [-0.3, -0.25) is 0 Å². The third-order valence-electron chi connectivity index (χ3n) is 11.0. The maximum Gasteiger partial charge on any atom is 0.0165 e. The summed E-state index contributed by atoms with van der Waals surface area (Å²) in [6, 6.07) is 63.0. The molecule has 0 aliphatic heterocycles. The molecule has 0 atom stereocenters. The summed E-state index contributed by atoms with van der Waals surface area (Å²) < 4.78 is 0. The fourth-order valence-electron chi connectivity index (χ4n) is 8.82. The van der Waals surface area contributed by atoms with Crippen molar-refractivity contribution in [2.24, 2.45) is 0 Å². The van der Waals surface area contributed by atoms with Crippen LogP contribution in [-0.2, 0) is 5.41 Å². The van der Waals surface area contributed by atoms with Gasteiger partial charge in [-0.15, -0.1) is 0 Å². The van der Waals surface area contributed by atoms with Crippen molar-refractivity contribution in [3.05, 3.63) is 181 Å². The van der Waals surface area contributed by atoms with E-state index in [9.17, 15) is 0 Å². The number of hydrogen-bond donors (Lipinski definition) is 0. The first kappa shape index (κ1) is 28.1. The van der Waals surface area contributed by atoms with E-state index in [1.165, 1.54) is 98.7 Å².